The van der Waals surface area contributed by atoms with Gasteiger partial charge in [-0.25, -0.2) is 0 Å². The molecule has 1 aliphatic rings. The van der Waals surface area contributed by atoms with E-state index in [1.54, 1.807) is 0 Å². The molecule has 0 saturated heterocycles. The molecule has 1 nitrogen and oxygen atoms in total. The molecule has 0 amide bonds. The quantitative estimate of drug-likeness (QED) is 0.582. The third kappa shape index (κ3) is 5.40. The van der Waals surface area contributed by atoms with Crippen molar-refractivity contribution in [2.24, 2.45) is 11.8 Å². The van der Waals surface area contributed by atoms with Crippen molar-refractivity contribution < 1.29 is 4.74 Å². The van der Waals surface area contributed by atoms with Crippen LogP contribution in [-0.2, 0) is 6.42 Å². The molecular weight excluding hydrogens is 316 g/mol. The Bertz CT molecular complexity index is 722. The molecule has 1 saturated carbocycles. The molecule has 2 aromatic carbocycles. The Hall–Kier alpha value is -2.20. The van der Waals surface area contributed by atoms with E-state index in [-0.39, 0.29) is 0 Å². The van der Waals surface area contributed by atoms with Crippen LogP contribution < -0.4 is 4.74 Å². The van der Waals surface area contributed by atoms with Crippen LogP contribution in [-0.4, -0.2) is 6.61 Å². The summed E-state index contributed by atoms with van der Waals surface area (Å²) in [6.45, 7) is 5.02. The van der Waals surface area contributed by atoms with Crippen LogP contribution in [0.15, 0.2) is 48.5 Å². The van der Waals surface area contributed by atoms with Crippen molar-refractivity contribution in [2.75, 3.05) is 6.61 Å². The number of hydrogen-bond acceptors (Lipinski definition) is 1. The predicted molar refractivity (Wildman–Crippen MR) is 109 cm³/mol. The van der Waals surface area contributed by atoms with Crippen LogP contribution in [0.3, 0.4) is 0 Å². The van der Waals surface area contributed by atoms with Crippen molar-refractivity contribution in [3.05, 3.63) is 65.2 Å². The third-order valence-corrected chi connectivity index (χ3v) is 5.54. The largest absolute Gasteiger partial charge is 0.494 e. The van der Waals surface area contributed by atoms with Crippen LogP contribution in [0.2, 0.25) is 0 Å². The van der Waals surface area contributed by atoms with E-state index in [1.165, 1.54) is 44.1 Å². The van der Waals surface area contributed by atoms with Gasteiger partial charge < -0.3 is 4.74 Å². The van der Waals surface area contributed by atoms with Crippen molar-refractivity contribution in [1.29, 1.82) is 0 Å². The number of benzene rings is 2. The summed E-state index contributed by atoms with van der Waals surface area (Å²) < 4.78 is 5.46. The average Bonchev–Trinajstić information content (AvgIpc) is 2.69. The first kappa shape index (κ1) is 18.6. The SMILES string of the molecule is CCOc1ccc(C#Cc2ccc(CC3CCC(CC)CC3)cc2)cc1. The fourth-order valence-corrected chi connectivity index (χ4v) is 3.85. The van der Waals surface area contributed by atoms with E-state index in [0.29, 0.717) is 6.61 Å². The van der Waals surface area contributed by atoms with Crippen molar-refractivity contribution in [1.82, 2.24) is 0 Å². The van der Waals surface area contributed by atoms with Crippen molar-refractivity contribution >= 4 is 0 Å². The van der Waals surface area contributed by atoms with Crippen LogP contribution in [0, 0.1) is 23.7 Å². The van der Waals surface area contributed by atoms with Gasteiger partial charge in [0.1, 0.15) is 5.75 Å². The minimum Gasteiger partial charge on any atom is -0.494 e. The second-order valence-corrected chi connectivity index (χ2v) is 7.40. The molecule has 136 valence electrons. The summed E-state index contributed by atoms with van der Waals surface area (Å²) in [5.74, 6) is 9.25. The van der Waals surface area contributed by atoms with Gasteiger partial charge in [0, 0.05) is 11.1 Å². The molecule has 0 bridgehead atoms. The maximum atomic E-state index is 5.46. The second kappa shape index (κ2) is 9.48. The lowest BCUT2D eigenvalue weighted by Crippen LogP contribution is -2.15. The van der Waals surface area contributed by atoms with Gasteiger partial charge >= 0.3 is 0 Å². The third-order valence-electron chi connectivity index (χ3n) is 5.54. The summed E-state index contributed by atoms with van der Waals surface area (Å²) in [7, 11) is 0. The zero-order valence-corrected chi connectivity index (χ0v) is 16.1. The number of hydrogen-bond donors (Lipinski definition) is 0. The van der Waals surface area contributed by atoms with E-state index in [0.717, 1.165) is 28.7 Å². The van der Waals surface area contributed by atoms with Crippen molar-refractivity contribution in [2.45, 2.75) is 52.4 Å². The van der Waals surface area contributed by atoms with E-state index in [9.17, 15) is 0 Å². The Balaban J connectivity index is 1.55. The summed E-state index contributed by atoms with van der Waals surface area (Å²) >= 11 is 0. The summed E-state index contributed by atoms with van der Waals surface area (Å²) in [5.41, 5.74) is 3.55. The van der Waals surface area contributed by atoms with Gasteiger partial charge in [-0.05, 0) is 80.0 Å². The van der Waals surface area contributed by atoms with Crippen molar-refractivity contribution in [3.8, 4) is 17.6 Å². The Morgan fingerprint density at radius 1 is 0.769 bits per heavy atom. The molecule has 26 heavy (non-hydrogen) atoms. The van der Waals surface area contributed by atoms with Gasteiger partial charge in [0.05, 0.1) is 6.61 Å². The maximum Gasteiger partial charge on any atom is 0.119 e. The molecule has 0 N–H and O–H groups in total. The van der Waals surface area contributed by atoms with E-state index >= 15 is 0 Å². The standard InChI is InChI=1S/C25H30O/c1-3-20-5-11-23(12-6-20)19-24-13-9-21(10-14-24)7-8-22-15-17-25(18-16-22)26-4-2/h9-10,13-18,20,23H,3-6,11-12,19H2,1-2H3. The first-order valence-corrected chi connectivity index (χ1v) is 10.1. The van der Waals surface area contributed by atoms with Gasteiger partial charge in [-0.3, -0.25) is 0 Å². The van der Waals surface area contributed by atoms with Gasteiger partial charge in [0.2, 0.25) is 0 Å². The Morgan fingerprint density at radius 3 is 1.85 bits per heavy atom. The average molecular weight is 347 g/mol. The molecule has 3 rings (SSSR count). The van der Waals surface area contributed by atoms with E-state index in [4.69, 9.17) is 4.74 Å². The highest BCUT2D eigenvalue weighted by molar-refractivity contribution is 5.44. The molecule has 0 radical (unpaired) electrons. The lowest BCUT2D eigenvalue weighted by atomic mass is 9.78. The first-order valence-electron chi connectivity index (χ1n) is 10.1. The Morgan fingerprint density at radius 2 is 1.31 bits per heavy atom. The smallest absolute Gasteiger partial charge is 0.119 e. The maximum absolute atomic E-state index is 5.46. The summed E-state index contributed by atoms with van der Waals surface area (Å²) in [5, 5.41) is 0. The molecule has 0 atom stereocenters. The lowest BCUT2D eigenvalue weighted by Gasteiger charge is -2.27. The van der Waals surface area contributed by atoms with Crippen LogP contribution in [0.1, 0.15) is 62.6 Å². The van der Waals surface area contributed by atoms with Gasteiger partial charge in [-0.2, -0.15) is 0 Å². The fraction of sp³-hybridized carbons (Fsp3) is 0.440. The molecule has 0 heterocycles. The van der Waals surface area contributed by atoms with Crippen LogP contribution in [0.5, 0.6) is 5.75 Å². The Labute approximate surface area is 158 Å². The monoisotopic (exact) mass is 346 g/mol. The molecule has 1 heteroatoms. The van der Waals surface area contributed by atoms with Crippen LogP contribution >= 0.6 is 0 Å². The van der Waals surface area contributed by atoms with Gasteiger partial charge in [0.25, 0.3) is 0 Å². The Kier molecular flexibility index (Phi) is 6.78. The molecule has 0 unspecified atom stereocenters. The molecule has 2 aromatic rings. The summed E-state index contributed by atoms with van der Waals surface area (Å²) in [4.78, 5) is 0. The zero-order chi connectivity index (χ0) is 18.2. The van der Waals surface area contributed by atoms with Crippen molar-refractivity contribution in [3.63, 3.8) is 0 Å². The molecule has 1 aliphatic carbocycles. The van der Waals surface area contributed by atoms with Gasteiger partial charge in [-0.1, -0.05) is 50.2 Å². The molecular formula is C25H30O. The van der Waals surface area contributed by atoms with E-state index < -0.39 is 0 Å². The van der Waals surface area contributed by atoms with E-state index in [1.807, 2.05) is 31.2 Å². The lowest BCUT2D eigenvalue weighted by molar-refractivity contribution is 0.268. The minimum absolute atomic E-state index is 0.692. The predicted octanol–water partition coefficient (Wildman–Crippen LogP) is 6.24. The highest BCUT2D eigenvalue weighted by Crippen LogP contribution is 2.32. The first-order chi connectivity index (χ1) is 12.8. The van der Waals surface area contributed by atoms with Gasteiger partial charge in [0.15, 0.2) is 0 Å². The molecule has 0 spiro atoms. The van der Waals surface area contributed by atoms with Gasteiger partial charge in [-0.15, -0.1) is 0 Å². The molecule has 0 aliphatic heterocycles. The second-order valence-electron chi connectivity index (χ2n) is 7.40. The highest BCUT2D eigenvalue weighted by Gasteiger charge is 2.19. The number of rotatable bonds is 5. The zero-order valence-electron chi connectivity index (χ0n) is 16.1. The van der Waals surface area contributed by atoms with E-state index in [2.05, 4.69) is 43.0 Å². The molecule has 0 aromatic heterocycles. The normalized spacial score (nSPS) is 19.5. The molecule has 1 fully saturated rings. The van der Waals surface area contributed by atoms with Crippen LogP contribution in [0.25, 0.3) is 0 Å². The summed E-state index contributed by atoms with van der Waals surface area (Å²) in [6.07, 6.45) is 8.23. The van der Waals surface area contributed by atoms with Crippen LogP contribution in [0.4, 0.5) is 0 Å². The summed E-state index contributed by atoms with van der Waals surface area (Å²) in [6, 6.07) is 16.8. The number of ether oxygens (including phenoxy) is 1. The fourth-order valence-electron chi connectivity index (χ4n) is 3.85. The minimum atomic E-state index is 0.692. The topological polar surface area (TPSA) is 9.23 Å². The highest BCUT2D eigenvalue weighted by atomic mass is 16.5.